The molecule has 2 aromatic rings. The standard InChI is InChI=1S/C18H24N4OS/c1-19-18(24)20-13-7-2-3-8-14-22-17(23)12-11-16(21-22)15-9-5-4-6-10-15/h4-6,9-12H,2-3,7-8,13-14H2,1H3,(H2,19,20,24). The van der Waals surface area contributed by atoms with Gasteiger partial charge in [-0.05, 0) is 31.1 Å². The Morgan fingerprint density at radius 1 is 1.08 bits per heavy atom. The molecule has 24 heavy (non-hydrogen) atoms. The summed E-state index contributed by atoms with van der Waals surface area (Å²) >= 11 is 5.02. The zero-order valence-corrected chi connectivity index (χ0v) is 14.8. The average molecular weight is 344 g/mol. The van der Waals surface area contributed by atoms with E-state index in [2.05, 4.69) is 15.7 Å². The molecule has 0 aliphatic carbocycles. The second-order valence-electron chi connectivity index (χ2n) is 5.57. The lowest BCUT2D eigenvalue weighted by Gasteiger charge is -2.08. The average Bonchev–Trinajstić information content (AvgIpc) is 2.62. The maximum Gasteiger partial charge on any atom is 0.266 e. The maximum atomic E-state index is 11.9. The lowest BCUT2D eigenvalue weighted by atomic mass is 10.1. The smallest absolute Gasteiger partial charge is 0.266 e. The van der Waals surface area contributed by atoms with Crippen molar-refractivity contribution < 1.29 is 0 Å². The Morgan fingerprint density at radius 3 is 2.58 bits per heavy atom. The van der Waals surface area contributed by atoms with Gasteiger partial charge in [0.25, 0.3) is 5.56 Å². The molecular formula is C18H24N4OS. The highest BCUT2D eigenvalue weighted by Crippen LogP contribution is 2.14. The minimum atomic E-state index is -0.0456. The topological polar surface area (TPSA) is 58.9 Å². The van der Waals surface area contributed by atoms with Gasteiger partial charge in [0, 0.05) is 31.8 Å². The van der Waals surface area contributed by atoms with E-state index in [4.69, 9.17) is 12.2 Å². The van der Waals surface area contributed by atoms with E-state index in [-0.39, 0.29) is 5.56 Å². The Balaban J connectivity index is 1.78. The molecule has 0 saturated heterocycles. The summed E-state index contributed by atoms with van der Waals surface area (Å²) in [4.78, 5) is 11.9. The van der Waals surface area contributed by atoms with Crippen molar-refractivity contribution in [2.75, 3.05) is 13.6 Å². The molecule has 0 bridgehead atoms. The first-order valence-electron chi connectivity index (χ1n) is 8.30. The molecular weight excluding hydrogens is 320 g/mol. The van der Waals surface area contributed by atoms with Crippen molar-refractivity contribution in [1.82, 2.24) is 20.4 Å². The second-order valence-corrected chi connectivity index (χ2v) is 5.97. The Kier molecular flexibility index (Phi) is 7.42. The second kappa shape index (κ2) is 9.82. The number of rotatable bonds is 8. The van der Waals surface area contributed by atoms with Crippen LogP contribution < -0.4 is 16.2 Å². The van der Waals surface area contributed by atoms with Crippen LogP contribution in [0.4, 0.5) is 0 Å². The number of aryl methyl sites for hydroxylation is 1. The molecule has 0 aliphatic heterocycles. The van der Waals surface area contributed by atoms with Gasteiger partial charge in [-0.15, -0.1) is 0 Å². The van der Waals surface area contributed by atoms with Crippen LogP contribution in [0, 0.1) is 0 Å². The van der Waals surface area contributed by atoms with Gasteiger partial charge < -0.3 is 10.6 Å². The third-order valence-electron chi connectivity index (χ3n) is 3.75. The molecule has 0 unspecified atom stereocenters. The summed E-state index contributed by atoms with van der Waals surface area (Å²) < 4.78 is 1.57. The van der Waals surface area contributed by atoms with E-state index in [1.807, 2.05) is 37.4 Å². The first-order valence-corrected chi connectivity index (χ1v) is 8.70. The van der Waals surface area contributed by atoms with Gasteiger partial charge >= 0.3 is 0 Å². The summed E-state index contributed by atoms with van der Waals surface area (Å²) in [5.74, 6) is 0. The van der Waals surface area contributed by atoms with E-state index >= 15 is 0 Å². The van der Waals surface area contributed by atoms with Gasteiger partial charge in [-0.25, -0.2) is 4.68 Å². The van der Waals surface area contributed by atoms with Crippen LogP contribution >= 0.6 is 12.2 Å². The molecule has 1 heterocycles. The van der Waals surface area contributed by atoms with Gasteiger partial charge in [0.15, 0.2) is 5.11 Å². The normalized spacial score (nSPS) is 10.4. The first kappa shape index (κ1) is 18.1. The van der Waals surface area contributed by atoms with Crippen molar-refractivity contribution in [3.63, 3.8) is 0 Å². The molecule has 0 spiro atoms. The fourth-order valence-electron chi connectivity index (χ4n) is 2.40. The summed E-state index contributed by atoms with van der Waals surface area (Å²) in [6.07, 6.45) is 4.18. The van der Waals surface area contributed by atoms with Crippen molar-refractivity contribution in [2.45, 2.75) is 32.2 Å². The van der Waals surface area contributed by atoms with Gasteiger partial charge in [0.1, 0.15) is 0 Å². The van der Waals surface area contributed by atoms with Crippen LogP contribution in [-0.2, 0) is 6.54 Å². The van der Waals surface area contributed by atoms with Crippen LogP contribution in [0.5, 0.6) is 0 Å². The van der Waals surface area contributed by atoms with Crippen LogP contribution in [0.3, 0.4) is 0 Å². The Morgan fingerprint density at radius 2 is 1.83 bits per heavy atom. The van der Waals surface area contributed by atoms with E-state index < -0.39 is 0 Å². The Bertz CT molecular complexity index is 700. The SMILES string of the molecule is CNC(=S)NCCCCCCn1nc(-c2ccccc2)ccc1=O. The van der Waals surface area contributed by atoms with Crippen LogP contribution in [0.2, 0.25) is 0 Å². The predicted octanol–water partition coefficient (Wildman–Crippen LogP) is 2.56. The number of nitrogens with zero attached hydrogens (tertiary/aromatic N) is 2. The van der Waals surface area contributed by atoms with Gasteiger partial charge in [0.05, 0.1) is 5.69 Å². The minimum Gasteiger partial charge on any atom is -0.366 e. The molecule has 5 nitrogen and oxygen atoms in total. The van der Waals surface area contributed by atoms with Gasteiger partial charge in [-0.3, -0.25) is 4.79 Å². The van der Waals surface area contributed by atoms with Crippen LogP contribution in [0.15, 0.2) is 47.3 Å². The van der Waals surface area contributed by atoms with E-state index in [0.717, 1.165) is 43.5 Å². The fraction of sp³-hybridized carbons (Fsp3) is 0.389. The number of thiocarbonyl (C=S) groups is 1. The molecule has 0 saturated carbocycles. The van der Waals surface area contributed by atoms with Crippen molar-refractivity contribution in [2.24, 2.45) is 0 Å². The zero-order valence-electron chi connectivity index (χ0n) is 14.0. The van der Waals surface area contributed by atoms with E-state index in [0.29, 0.717) is 11.7 Å². The molecule has 0 aliphatic rings. The number of hydrogen-bond acceptors (Lipinski definition) is 3. The first-order chi connectivity index (χ1) is 11.7. The summed E-state index contributed by atoms with van der Waals surface area (Å²) in [7, 11) is 1.81. The van der Waals surface area contributed by atoms with Gasteiger partial charge in [-0.2, -0.15) is 5.10 Å². The predicted molar refractivity (Wildman–Crippen MR) is 102 cm³/mol. The fourth-order valence-corrected chi connectivity index (χ4v) is 2.50. The van der Waals surface area contributed by atoms with Crippen LogP contribution in [0.25, 0.3) is 11.3 Å². The van der Waals surface area contributed by atoms with Crippen molar-refractivity contribution in [1.29, 1.82) is 0 Å². The number of nitrogens with one attached hydrogen (secondary N) is 2. The van der Waals surface area contributed by atoms with E-state index in [1.165, 1.54) is 0 Å². The highest BCUT2D eigenvalue weighted by Gasteiger charge is 2.03. The number of aromatic nitrogens is 2. The summed E-state index contributed by atoms with van der Waals surface area (Å²) in [5.41, 5.74) is 1.81. The third kappa shape index (κ3) is 5.77. The largest absolute Gasteiger partial charge is 0.366 e. The van der Waals surface area contributed by atoms with Crippen molar-refractivity contribution >= 4 is 17.3 Å². The molecule has 0 atom stereocenters. The maximum absolute atomic E-state index is 11.9. The highest BCUT2D eigenvalue weighted by molar-refractivity contribution is 7.80. The number of hydrogen-bond donors (Lipinski definition) is 2. The number of benzene rings is 1. The molecule has 1 aromatic carbocycles. The zero-order chi connectivity index (χ0) is 17.2. The van der Waals surface area contributed by atoms with Crippen LogP contribution in [-0.4, -0.2) is 28.5 Å². The molecule has 6 heteroatoms. The molecule has 128 valence electrons. The molecule has 0 fully saturated rings. The van der Waals surface area contributed by atoms with Crippen molar-refractivity contribution in [3.8, 4) is 11.3 Å². The summed E-state index contributed by atoms with van der Waals surface area (Å²) in [6, 6.07) is 13.3. The molecule has 0 radical (unpaired) electrons. The molecule has 0 amide bonds. The minimum absolute atomic E-state index is 0.0456. The van der Waals surface area contributed by atoms with Crippen LogP contribution in [0.1, 0.15) is 25.7 Å². The third-order valence-corrected chi connectivity index (χ3v) is 4.09. The molecule has 2 N–H and O–H groups in total. The number of unbranched alkanes of at least 4 members (excludes halogenated alkanes) is 3. The molecule has 2 rings (SSSR count). The van der Waals surface area contributed by atoms with Gasteiger partial charge in [-0.1, -0.05) is 43.2 Å². The lowest BCUT2D eigenvalue weighted by molar-refractivity contribution is 0.515. The van der Waals surface area contributed by atoms with Gasteiger partial charge in [0.2, 0.25) is 0 Å². The monoisotopic (exact) mass is 344 g/mol. The quantitative estimate of drug-likeness (QED) is 0.569. The summed E-state index contributed by atoms with van der Waals surface area (Å²) in [6.45, 7) is 1.53. The lowest BCUT2D eigenvalue weighted by Crippen LogP contribution is -2.32. The Labute approximate surface area is 148 Å². The highest BCUT2D eigenvalue weighted by atomic mass is 32.1. The molecule has 1 aromatic heterocycles. The summed E-state index contributed by atoms with van der Waals surface area (Å²) in [5, 5.41) is 11.2. The Hall–Kier alpha value is -2.21. The van der Waals surface area contributed by atoms with E-state index in [9.17, 15) is 4.79 Å². The van der Waals surface area contributed by atoms with Crippen molar-refractivity contribution in [3.05, 3.63) is 52.8 Å². The van der Waals surface area contributed by atoms with E-state index in [1.54, 1.807) is 16.8 Å².